The Hall–Kier alpha value is -2.98. The molecule has 180 valence electrons. The fraction of sp³-hybridized carbons (Fsp3) is 0.458. The second kappa shape index (κ2) is 9.34. The van der Waals surface area contributed by atoms with E-state index in [-0.39, 0.29) is 6.04 Å². The van der Waals surface area contributed by atoms with Gasteiger partial charge in [-0.1, -0.05) is 17.3 Å². The summed E-state index contributed by atoms with van der Waals surface area (Å²) in [6, 6.07) is 9.22. The number of hydrogen-bond acceptors (Lipinski definition) is 7. The number of nitrogens with zero attached hydrogens (tertiary/aromatic N) is 6. The first kappa shape index (κ1) is 22.8. The van der Waals surface area contributed by atoms with Crippen LogP contribution in [-0.4, -0.2) is 64.7 Å². The Morgan fingerprint density at radius 3 is 2.44 bits per heavy atom. The number of likely N-dealkylation sites (N-methyl/N-ethyl adjacent to an activating group) is 1. The van der Waals surface area contributed by atoms with E-state index in [1.54, 1.807) is 6.20 Å². The summed E-state index contributed by atoms with van der Waals surface area (Å²) in [6.45, 7) is 5.29. The van der Waals surface area contributed by atoms with Gasteiger partial charge in [-0.05, 0) is 56.3 Å². The Balaban J connectivity index is 1.25. The molecule has 2 aliphatic rings. The first-order valence-corrected chi connectivity index (χ1v) is 11.5. The van der Waals surface area contributed by atoms with Gasteiger partial charge in [0, 0.05) is 44.5 Å². The molecule has 34 heavy (non-hydrogen) atoms. The van der Waals surface area contributed by atoms with Crippen molar-refractivity contribution in [3.63, 3.8) is 0 Å². The van der Waals surface area contributed by atoms with E-state index in [1.807, 2.05) is 12.1 Å². The molecule has 0 aliphatic carbocycles. The number of hydrogen-bond donors (Lipinski definition) is 0. The Morgan fingerprint density at radius 1 is 1.00 bits per heavy atom. The van der Waals surface area contributed by atoms with Crippen LogP contribution in [0.3, 0.4) is 0 Å². The van der Waals surface area contributed by atoms with Gasteiger partial charge in [0.05, 0.1) is 11.6 Å². The molecule has 0 amide bonds. The minimum absolute atomic E-state index is 0.0545. The van der Waals surface area contributed by atoms with E-state index in [2.05, 4.69) is 36.9 Å². The fourth-order valence-electron chi connectivity index (χ4n) is 4.56. The molecule has 0 saturated carbocycles. The van der Waals surface area contributed by atoms with Crippen molar-refractivity contribution < 1.29 is 17.7 Å². The van der Waals surface area contributed by atoms with Crippen molar-refractivity contribution in [2.75, 3.05) is 44.7 Å². The number of likely N-dealkylation sites (tertiary alicyclic amines) is 1. The molecule has 0 bridgehead atoms. The molecular formula is C24H27F3N6O. The third-order valence-corrected chi connectivity index (χ3v) is 6.59. The van der Waals surface area contributed by atoms with Gasteiger partial charge < -0.3 is 14.3 Å². The smallest absolute Gasteiger partial charge is 0.354 e. The second-order valence-corrected chi connectivity index (χ2v) is 8.97. The molecule has 0 spiro atoms. The van der Waals surface area contributed by atoms with Gasteiger partial charge in [0.2, 0.25) is 11.7 Å². The third-order valence-electron chi connectivity index (χ3n) is 6.59. The number of pyridine rings is 1. The highest BCUT2D eigenvalue weighted by Crippen LogP contribution is 2.34. The Labute approximate surface area is 196 Å². The van der Waals surface area contributed by atoms with E-state index in [0.29, 0.717) is 18.3 Å². The third kappa shape index (κ3) is 4.92. The molecule has 0 unspecified atom stereocenters. The van der Waals surface area contributed by atoms with Gasteiger partial charge in [0.15, 0.2) is 0 Å². The number of piperazine rings is 1. The van der Waals surface area contributed by atoms with E-state index < -0.39 is 11.7 Å². The van der Waals surface area contributed by atoms with E-state index in [4.69, 9.17) is 4.52 Å². The molecule has 0 N–H and O–H groups in total. The van der Waals surface area contributed by atoms with Gasteiger partial charge in [-0.25, -0.2) is 4.98 Å². The molecule has 1 atom stereocenters. The van der Waals surface area contributed by atoms with Gasteiger partial charge in [-0.3, -0.25) is 4.90 Å². The van der Waals surface area contributed by atoms with Crippen molar-refractivity contribution in [2.24, 2.45) is 0 Å². The molecule has 4 heterocycles. The van der Waals surface area contributed by atoms with Gasteiger partial charge in [-0.2, -0.15) is 18.2 Å². The van der Waals surface area contributed by atoms with Crippen LogP contribution in [0.1, 0.15) is 35.9 Å². The maximum absolute atomic E-state index is 12.8. The zero-order valence-electron chi connectivity index (χ0n) is 19.0. The number of alkyl halides is 3. The molecule has 2 aromatic heterocycles. The summed E-state index contributed by atoms with van der Waals surface area (Å²) in [5.74, 6) is 1.97. The Kier molecular flexibility index (Phi) is 6.26. The van der Waals surface area contributed by atoms with Crippen LogP contribution in [0, 0.1) is 0 Å². The first-order valence-electron chi connectivity index (χ1n) is 11.5. The van der Waals surface area contributed by atoms with Gasteiger partial charge in [-0.15, -0.1) is 0 Å². The number of rotatable bonds is 5. The first-order chi connectivity index (χ1) is 16.4. The zero-order chi connectivity index (χ0) is 23.7. The molecule has 7 nitrogen and oxygen atoms in total. The predicted octanol–water partition coefficient (Wildman–Crippen LogP) is 4.24. The van der Waals surface area contributed by atoms with Crippen LogP contribution in [0.25, 0.3) is 11.4 Å². The van der Waals surface area contributed by atoms with Crippen LogP contribution in [0.2, 0.25) is 0 Å². The average Bonchev–Trinajstić information content (AvgIpc) is 3.49. The van der Waals surface area contributed by atoms with Gasteiger partial charge in [0.1, 0.15) is 5.82 Å². The van der Waals surface area contributed by atoms with Crippen LogP contribution in [0.4, 0.5) is 19.0 Å². The molecule has 3 aromatic rings. The van der Waals surface area contributed by atoms with Crippen LogP contribution < -0.4 is 4.90 Å². The number of halogens is 3. The zero-order valence-corrected chi connectivity index (χ0v) is 19.0. The van der Waals surface area contributed by atoms with Crippen molar-refractivity contribution in [3.8, 4) is 11.4 Å². The van der Waals surface area contributed by atoms with Crippen LogP contribution in [-0.2, 0) is 12.7 Å². The lowest BCUT2D eigenvalue weighted by Gasteiger charge is -2.33. The second-order valence-electron chi connectivity index (χ2n) is 8.97. The van der Waals surface area contributed by atoms with Crippen LogP contribution >= 0.6 is 0 Å². The lowest BCUT2D eigenvalue weighted by molar-refractivity contribution is -0.137. The van der Waals surface area contributed by atoms with Crippen molar-refractivity contribution in [1.82, 2.24) is 24.9 Å². The van der Waals surface area contributed by atoms with E-state index in [1.165, 1.54) is 12.1 Å². The van der Waals surface area contributed by atoms with Gasteiger partial charge in [0.25, 0.3) is 0 Å². The lowest BCUT2D eigenvalue weighted by atomic mass is 10.1. The van der Waals surface area contributed by atoms with Crippen LogP contribution in [0.5, 0.6) is 0 Å². The molecule has 2 saturated heterocycles. The average molecular weight is 473 g/mol. The van der Waals surface area contributed by atoms with Crippen molar-refractivity contribution in [1.29, 1.82) is 0 Å². The molecule has 10 heteroatoms. The highest BCUT2D eigenvalue weighted by atomic mass is 19.4. The Bertz CT molecular complexity index is 1090. The monoisotopic (exact) mass is 472 g/mol. The molecule has 0 radical (unpaired) electrons. The highest BCUT2D eigenvalue weighted by Gasteiger charge is 2.32. The van der Waals surface area contributed by atoms with E-state index in [9.17, 15) is 13.2 Å². The summed E-state index contributed by atoms with van der Waals surface area (Å²) in [7, 11) is 2.12. The summed E-state index contributed by atoms with van der Waals surface area (Å²) in [6.07, 6.45) is -0.726. The van der Waals surface area contributed by atoms with Crippen molar-refractivity contribution in [3.05, 3.63) is 59.6 Å². The number of benzene rings is 1. The van der Waals surface area contributed by atoms with Crippen LogP contribution in [0.15, 0.2) is 47.1 Å². The molecule has 1 aromatic carbocycles. The number of anilines is 1. The summed E-state index contributed by atoms with van der Waals surface area (Å²) in [5, 5.41) is 4.17. The summed E-state index contributed by atoms with van der Waals surface area (Å²) in [4.78, 5) is 16.0. The van der Waals surface area contributed by atoms with Crippen molar-refractivity contribution >= 4 is 5.82 Å². The maximum atomic E-state index is 12.8. The SMILES string of the molecule is CN1CCN(c2ccc(-c3noc([C@@H]4CCCN4Cc4ccc(C(F)(F)F)cc4)n3)cn2)CC1. The highest BCUT2D eigenvalue weighted by molar-refractivity contribution is 5.56. The van der Waals surface area contributed by atoms with E-state index in [0.717, 1.165) is 74.6 Å². The molecule has 2 aliphatic heterocycles. The number of aromatic nitrogens is 3. The predicted molar refractivity (Wildman–Crippen MR) is 121 cm³/mol. The largest absolute Gasteiger partial charge is 0.416 e. The standard InChI is InChI=1S/C24H27F3N6O/c1-31-11-13-32(14-12-31)21-9-6-18(15-28-21)22-29-23(34-30-22)20-3-2-10-33(20)16-17-4-7-19(8-5-17)24(25,26)27/h4-9,15,20H,2-3,10-14,16H2,1H3/t20-/m0/s1. The molecule has 5 rings (SSSR count). The van der Waals surface area contributed by atoms with E-state index >= 15 is 0 Å². The normalized spacial score (nSPS) is 20.2. The molecular weight excluding hydrogens is 445 g/mol. The summed E-state index contributed by atoms with van der Waals surface area (Å²) < 4.78 is 44.1. The summed E-state index contributed by atoms with van der Waals surface area (Å²) >= 11 is 0. The minimum Gasteiger partial charge on any atom is -0.354 e. The van der Waals surface area contributed by atoms with Gasteiger partial charge >= 0.3 is 6.18 Å². The van der Waals surface area contributed by atoms with Crippen molar-refractivity contribution in [2.45, 2.75) is 31.6 Å². The lowest BCUT2D eigenvalue weighted by Crippen LogP contribution is -2.44. The minimum atomic E-state index is -4.33. The topological polar surface area (TPSA) is 61.5 Å². The Morgan fingerprint density at radius 2 is 1.76 bits per heavy atom. The molecule has 2 fully saturated rings. The quantitative estimate of drug-likeness (QED) is 0.551. The summed E-state index contributed by atoms with van der Waals surface area (Å²) in [5.41, 5.74) is 0.978. The fourth-order valence-corrected chi connectivity index (χ4v) is 4.56. The maximum Gasteiger partial charge on any atom is 0.416 e.